The summed E-state index contributed by atoms with van der Waals surface area (Å²) in [5, 5.41) is 11.4. The van der Waals surface area contributed by atoms with Crippen molar-refractivity contribution in [1.29, 1.82) is 0 Å². The zero-order valence-electron chi connectivity index (χ0n) is 10.3. The van der Waals surface area contributed by atoms with Crippen molar-refractivity contribution in [2.45, 2.75) is 23.0 Å². The number of quaternary nitrogens is 1. The molecule has 2 rings (SSSR count). The summed E-state index contributed by atoms with van der Waals surface area (Å²) >= 11 is 1.67. The van der Waals surface area contributed by atoms with E-state index in [2.05, 4.69) is 7.05 Å². The number of hydrogen-bond acceptors (Lipinski definition) is 3. The minimum Gasteiger partial charge on any atom is -1.00 e. The van der Waals surface area contributed by atoms with E-state index < -0.39 is 0 Å². The molecule has 0 amide bonds. The van der Waals surface area contributed by atoms with Gasteiger partial charge in [-0.05, 0) is 6.07 Å². The molecule has 0 spiro atoms. The van der Waals surface area contributed by atoms with Crippen LogP contribution in [0.5, 0.6) is 0 Å². The van der Waals surface area contributed by atoms with Gasteiger partial charge in [-0.25, -0.2) is 0 Å². The first-order valence-corrected chi connectivity index (χ1v) is 6.76. The molecule has 1 heterocycles. The highest BCUT2D eigenvalue weighted by Gasteiger charge is 2.23. The van der Waals surface area contributed by atoms with Crippen molar-refractivity contribution in [2.24, 2.45) is 0 Å². The van der Waals surface area contributed by atoms with Crippen LogP contribution in [0.3, 0.4) is 0 Å². The van der Waals surface area contributed by atoms with Crippen LogP contribution < -0.4 is 17.3 Å². The van der Waals surface area contributed by atoms with E-state index in [1.54, 1.807) is 28.8 Å². The van der Waals surface area contributed by atoms with E-state index in [0.717, 1.165) is 30.8 Å². The number of benzene rings is 1. The third-order valence-electron chi connectivity index (χ3n) is 3.14. The van der Waals surface area contributed by atoms with Crippen LogP contribution in [-0.2, 0) is 0 Å². The lowest BCUT2D eigenvalue weighted by Crippen LogP contribution is -3.10. The molecule has 1 aromatic rings. The molecule has 0 saturated carbocycles. The number of hydrogen-bond donors (Lipinski definition) is 1. The van der Waals surface area contributed by atoms with Crippen molar-refractivity contribution in [2.75, 3.05) is 20.1 Å². The van der Waals surface area contributed by atoms with Gasteiger partial charge >= 0.3 is 0 Å². The van der Waals surface area contributed by atoms with Gasteiger partial charge in [-0.2, -0.15) is 0 Å². The summed E-state index contributed by atoms with van der Waals surface area (Å²) in [6, 6.07) is 7.03. The third-order valence-corrected chi connectivity index (χ3v) is 4.55. The molecule has 1 saturated heterocycles. The van der Waals surface area contributed by atoms with Gasteiger partial charge in [0, 0.05) is 24.2 Å². The highest BCUT2D eigenvalue weighted by atomic mass is 35.5. The fourth-order valence-electron chi connectivity index (χ4n) is 2.09. The number of rotatable bonds is 3. The Morgan fingerprint density at radius 2 is 1.94 bits per heavy atom. The molecule has 0 unspecified atom stereocenters. The number of likely N-dealkylation sites (tertiary alicyclic amines) is 1. The van der Waals surface area contributed by atoms with Crippen molar-refractivity contribution in [3.63, 3.8) is 0 Å². The second kappa shape index (κ2) is 6.97. The fraction of sp³-hybridized carbons (Fsp3) is 0.500. The Morgan fingerprint density at radius 3 is 2.56 bits per heavy atom. The predicted molar refractivity (Wildman–Crippen MR) is 68.6 cm³/mol. The van der Waals surface area contributed by atoms with Crippen LogP contribution in [0.2, 0.25) is 0 Å². The number of nitrogens with zero attached hydrogens (tertiary/aromatic N) is 1. The smallest absolute Gasteiger partial charge is 0.282 e. The molecule has 0 atom stereocenters. The van der Waals surface area contributed by atoms with Gasteiger partial charge in [0.2, 0.25) is 0 Å². The first kappa shape index (κ1) is 15.3. The average Bonchev–Trinajstić information content (AvgIpc) is 2.32. The lowest BCUT2D eigenvalue weighted by atomic mass is 10.1. The Kier molecular flexibility index (Phi) is 5.91. The SMILES string of the molecule is C[NH+]1CCC(Sc2ccccc2[N+](=O)[O-])CC1.[Cl-]. The van der Waals surface area contributed by atoms with Crippen LogP contribution in [0.1, 0.15) is 12.8 Å². The van der Waals surface area contributed by atoms with Crippen molar-refractivity contribution < 1.29 is 22.2 Å². The van der Waals surface area contributed by atoms with Gasteiger partial charge in [-0.3, -0.25) is 10.1 Å². The topological polar surface area (TPSA) is 47.6 Å². The second-order valence-electron chi connectivity index (χ2n) is 4.50. The van der Waals surface area contributed by atoms with Crippen LogP contribution in [0.25, 0.3) is 0 Å². The van der Waals surface area contributed by atoms with Crippen LogP contribution >= 0.6 is 11.8 Å². The van der Waals surface area contributed by atoms with Gasteiger partial charge in [0.25, 0.3) is 5.69 Å². The zero-order valence-corrected chi connectivity index (χ0v) is 11.8. The molecule has 0 aliphatic carbocycles. The largest absolute Gasteiger partial charge is 1.00 e. The summed E-state index contributed by atoms with van der Waals surface area (Å²) in [6.07, 6.45) is 2.28. The maximum Gasteiger partial charge on any atom is 0.282 e. The number of nitro groups is 1. The van der Waals surface area contributed by atoms with Gasteiger partial charge in [-0.15, -0.1) is 11.8 Å². The summed E-state index contributed by atoms with van der Waals surface area (Å²) < 4.78 is 0. The Bertz CT molecular complexity index is 409. The molecule has 18 heavy (non-hydrogen) atoms. The van der Waals surface area contributed by atoms with E-state index in [1.165, 1.54) is 0 Å². The molecule has 6 heteroatoms. The lowest BCUT2D eigenvalue weighted by molar-refractivity contribution is -0.884. The summed E-state index contributed by atoms with van der Waals surface area (Å²) in [5.74, 6) is 0. The molecule has 0 radical (unpaired) electrons. The van der Waals surface area contributed by atoms with E-state index in [-0.39, 0.29) is 23.0 Å². The van der Waals surface area contributed by atoms with E-state index >= 15 is 0 Å². The predicted octanol–water partition coefficient (Wildman–Crippen LogP) is -1.63. The molecule has 1 aromatic carbocycles. The molecular formula is C12H17ClN2O2S. The second-order valence-corrected chi connectivity index (χ2v) is 5.84. The Balaban J connectivity index is 0.00000162. The standard InChI is InChI=1S/C12H16N2O2S.ClH/c1-13-8-6-10(7-9-13)17-12-5-3-2-4-11(12)14(15)16;/h2-5,10H,6-9H2,1H3;1H. The molecule has 0 bridgehead atoms. The molecule has 100 valence electrons. The molecule has 0 aromatic heterocycles. The Labute approximate surface area is 117 Å². The lowest BCUT2D eigenvalue weighted by Gasteiger charge is -2.25. The summed E-state index contributed by atoms with van der Waals surface area (Å²) in [4.78, 5) is 13.0. The highest BCUT2D eigenvalue weighted by molar-refractivity contribution is 8.00. The van der Waals surface area contributed by atoms with Crippen molar-refractivity contribution in [3.8, 4) is 0 Å². The van der Waals surface area contributed by atoms with Gasteiger partial charge < -0.3 is 17.3 Å². The van der Waals surface area contributed by atoms with Crippen molar-refractivity contribution >= 4 is 17.4 Å². The van der Waals surface area contributed by atoms with E-state index in [4.69, 9.17) is 0 Å². The molecule has 1 aliphatic rings. The quantitative estimate of drug-likeness (QED) is 0.537. The van der Waals surface area contributed by atoms with Crippen LogP contribution in [0.4, 0.5) is 5.69 Å². The van der Waals surface area contributed by atoms with E-state index in [1.807, 2.05) is 12.1 Å². The molecule has 1 fully saturated rings. The van der Waals surface area contributed by atoms with Crippen LogP contribution in [-0.4, -0.2) is 30.3 Å². The minimum absolute atomic E-state index is 0. The summed E-state index contributed by atoms with van der Waals surface area (Å²) in [6.45, 7) is 2.33. The van der Waals surface area contributed by atoms with Gasteiger partial charge in [0.15, 0.2) is 0 Å². The number of halogens is 1. The van der Waals surface area contributed by atoms with Crippen molar-refractivity contribution in [3.05, 3.63) is 34.4 Å². The highest BCUT2D eigenvalue weighted by Crippen LogP contribution is 2.34. The molecular weight excluding hydrogens is 272 g/mol. The fourth-order valence-corrected chi connectivity index (χ4v) is 3.34. The van der Waals surface area contributed by atoms with Crippen LogP contribution in [0, 0.1) is 10.1 Å². The van der Waals surface area contributed by atoms with E-state index in [0.29, 0.717) is 5.25 Å². The van der Waals surface area contributed by atoms with Gasteiger partial charge in [0.05, 0.1) is 30.0 Å². The first-order valence-electron chi connectivity index (χ1n) is 5.88. The van der Waals surface area contributed by atoms with Crippen molar-refractivity contribution in [1.82, 2.24) is 0 Å². The first-order chi connectivity index (χ1) is 8.16. The normalized spacial score (nSPS) is 23.2. The number of nitro benzene ring substituents is 1. The van der Waals surface area contributed by atoms with E-state index in [9.17, 15) is 10.1 Å². The van der Waals surface area contributed by atoms with Gasteiger partial charge in [0.1, 0.15) is 0 Å². The Morgan fingerprint density at radius 1 is 1.33 bits per heavy atom. The Hall–Kier alpha value is -0.780. The molecule has 1 aliphatic heterocycles. The zero-order chi connectivity index (χ0) is 12.3. The third kappa shape index (κ3) is 3.86. The minimum atomic E-state index is -0.289. The summed E-state index contributed by atoms with van der Waals surface area (Å²) in [5.41, 5.74) is 0.240. The summed E-state index contributed by atoms with van der Waals surface area (Å²) in [7, 11) is 2.20. The maximum absolute atomic E-state index is 10.9. The molecule has 1 N–H and O–H groups in total. The molecule has 4 nitrogen and oxygen atoms in total. The number of nitrogens with one attached hydrogen (secondary N) is 1. The number of para-hydroxylation sites is 1. The number of piperidine rings is 1. The number of thioether (sulfide) groups is 1. The maximum atomic E-state index is 10.9. The van der Waals surface area contributed by atoms with Gasteiger partial charge in [-0.1, -0.05) is 12.1 Å². The van der Waals surface area contributed by atoms with Crippen LogP contribution in [0.15, 0.2) is 29.2 Å². The monoisotopic (exact) mass is 288 g/mol. The average molecular weight is 289 g/mol.